The van der Waals surface area contributed by atoms with Crippen molar-refractivity contribution in [3.05, 3.63) is 40.4 Å². The molecule has 0 saturated carbocycles. The van der Waals surface area contributed by atoms with Gasteiger partial charge in [-0.3, -0.25) is 0 Å². The summed E-state index contributed by atoms with van der Waals surface area (Å²) in [6, 6.07) is 5.96. The molecule has 0 saturated heterocycles. The maximum absolute atomic E-state index is 6.02. The van der Waals surface area contributed by atoms with E-state index < -0.39 is 0 Å². The van der Waals surface area contributed by atoms with Crippen molar-refractivity contribution in [1.82, 2.24) is 0 Å². The molecule has 92 valence electrons. The van der Waals surface area contributed by atoms with Crippen LogP contribution in [-0.2, 0) is 6.42 Å². The zero-order chi connectivity index (χ0) is 12.3. The third-order valence-corrected chi connectivity index (χ3v) is 3.38. The molecule has 2 rings (SSSR count). The van der Waals surface area contributed by atoms with Gasteiger partial charge in [-0.25, -0.2) is 0 Å². The van der Waals surface area contributed by atoms with E-state index in [0.29, 0.717) is 0 Å². The SMILES string of the molecule is COc1ccc(Cl)cc1CC1=CC(N)CCC1. The van der Waals surface area contributed by atoms with E-state index in [9.17, 15) is 0 Å². The maximum Gasteiger partial charge on any atom is 0.122 e. The average molecular weight is 252 g/mol. The topological polar surface area (TPSA) is 35.2 Å². The highest BCUT2D eigenvalue weighted by molar-refractivity contribution is 6.30. The number of methoxy groups -OCH3 is 1. The highest BCUT2D eigenvalue weighted by Crippen LogP contribution is 2.28. The first-order chi connectivity index (χ1) is 8.19. The Kier molecular flexibility index (Phi) is 4.08. The zero-order valence-electron chi connectivity index (χ0n) is 10.1. The van der Waals surface area contributed by atoms with Crippen LogP contribution in [0.5, 0.6) is 5.75 Å². The smallest absolute Gasteiger partial charge is 0.122 e. The Bertz CT molecular complexity index is 428. The van der Waals surface area contributed by atoms with Crippen molar-refractivity contribution in [2.45, 2.75) is 31.7 Å². The first-order valence-electron chi connectivity index (χ1n) is 5.96. The van der Waals surface area contributed by atoms with Crippen molar-refractivity contribution < 1.29 is 4.74 Å². The first kappa shape index (κ1) is 12.5. The molecule has 1 aromatic carbocycles. The van der Waals surface area contributed by atoms with Crippen LogP contribution in [0.2, 0.25) is 5.02 Å². The second-order valence-corrected chi connectivity index (χ2v) is 4.95. The molecule has 3 heteroatoms. The number of hydrogen-bond donors (Lipinski definition) is 1. The minimum Gasteiger partial charge on any atom is -0.496 e. The van der Waals surface area contributed by atoms with Crippen molar-refractivity contribution in [2.75, 3.05) is 7.11 Å². The van der Waals surface area contributed by atoms with Crippen molar-refractivity contribution in [3.63, 3.8) is 0 Å². The fraction of sp³-hybridized carbons (Fsp3) is 0.429. The Hall–Kier alpha value is -0.990. The molecule has 1 aliphatic carbocycles. The maximum atomic E-state index is 6.02. The molecular weight excluding hydrogens is 234 g/mol. The highest BCUT2D eigenvalue weighted by Gasteiger charge is 2.12. The van der Waals surface area contributed by atoms with Crippen LogP contribution in [0.25, 0.3) is 0 Å². The lowest BCUT2D eigenvalue weighted by molar-refractivity contribution is 0.410. The van der Waals surface area contributed by atoms with Crippen LogP contribution in [0.4, 0.5) is 0 Å². The van der Waals surface area contributed by atoms with Gasteiger partial charge in [0.1, 0.15) is 5.75 Å². The van der Waals surface area contributed by atoms with E-state index in [2.05, 4.69) is 6.08 Å². The van der Waals surface area contributed by atoms with Crippen LogP contribution in [-0.4, -0.2) is 13.2 Å². The summed E-state index contributed by atoms with van der Waals surface area (Å²) in [6.45, 7) is 0. The molecule has 0 spiro atoms. The van der Waals surface area contributed by atoms with Gasteiger partial charge in [-0.1, -0.05) is 23.3 Å². The molecule has 0 fully saturated rings. The predicted molar refractivity (Wildman–Crippen MR) is 71.6 cm³/mol. The molecule has 17 heavy (non-hydrogen) atoms. The molecule has 1 atom stereocenters. The van der Waals surface area contributed by atoms with E-state index in [1.165, 1.54) is 12.0 Å². The van der Waals surface area contributed by atoms with Gasteiger partial charge in [0, 0.05) is 11.1 Å². The van der Waals surface area contributed by atoms with Gasteiger partial charge in [0.15, 0.2) is 0 Å². The number of nitrogens with two attached hydrogens (primary N) is 1. The molecule has 0 aliphatic heterocycles. The van der Waals surface area contributed by atoms with Gasteiger partial charge >= 0.3 is 0 Å². The summed E-state index contributed by atoms with van der Waals surface area (Å²) in [5, 5.41) is 0.751. The van der Waals surface area contributed by atoms with Gasteiger partial charge in [-0.05, 0) is 49.4 Å². The number of benzene rings is 1. The largest absolute Gasteiger partial charge is 0.496 e. The van der Waals surface area contributed by atoms with Crippen molar-refractivity contribution in [3.8, 4) is 5.75 Å². The first-order valence-corrected chi connectivity index (χ1v) is 6.34. The van der Waals surface area contributed by atoms with E-state index in [4.69, 9.17) is 22.1 Å². The summed E-state index contributed by atoms with van der Waals surface area (Å²) in [5.41, 5.74) is 8.48. The summed E-state index contributed by atoms with van der Waals surface area (Å²) in [4.78, 5) is 0. The third kappa shape index (κ3) is 3.24. The second-order valence-electron chi connectivity index (χ2n) is 4.51. The zero-order valence-corrected chi connectivity index (χ0v) is 10.8. The Labute approximate surface area is 107 Å². The van der Waals surface area contributed by atoms with Gasteiger partial charge in [0.05, 0.1) is 7.11 Å². The van der Waals surface area contributed by atoms with Gasteiger partial charge in [-0.2, -0.15) is 0 Å². The molecule has 0 aromatic heterocycles. The molecule has 0 bridgehead atoms. The van der Waals surface area contributed by atoms with Crippen LogP contribution in [0.1, 0.15) is 24.8 Å². The summed E-state index contributed by atoms with van der Waals surface area (Å²) < 4.78 is 5.35. The van der Waals surface area contributed by atoms with E-state index in [1.54, 1.807) is 7.11 Å². The number of hydrogen-bond acceptors (Lipinski definition) is 2. The van der Waals surface area contributed by atoms with Gasteiger partial charge < -0.3 is 10.5 Å². The number of halogens is 1. The van der Waals surface area contributed by atoms with E-state index in [1.807, 2.05) is 18.2 Å². The molecule has 0 heterocycles. The van der Waals surface area contributed by atoms with Gasteiger partial charge in [0.2, 0.25) is 0 Å². The standard InChI is InChI=1S/C14H18ClNO/c1-17-14-6-5-12(15)9-11(14)7-10-3-2-4-13(16)8-10/h5-6,8-9,13H,2-4,7,16H2,1H3. The van der Waals surface area contributed by atoms with E-state index >= 15 is 0 Å². The lowest BCUT2D eigenvalue weighted by Crippen LogP contribution is -2.20. The van der Waals surface area contributed by atoms with Gasteiger partial charge in [0.25, 0.3) is 0 Å². The molecule has 2 nitrogen and oxygen atoms in total. The number of ether oxygens (including phenoxy) is 1. The lowest BCUT2D eigenvalue weighted by Gasteiger charge is -2.18. The van der Waals surface area contributed by atoms with Crippen LogP contribution >= 0.6 is 11.6 Å². The molecule has 0 amide bonds. The Morgan fingerprint density at radius 1 is 1.47 bits per heavy atom. The summed E-state index contributed by atoms with van der Waals surface area (Å²) in [6.07, 6.45) is 6.47. The van der Waals surface area contributed by atoms with E-state index in [0.717, 1.165) is 35.6 Å². The normalized spacial score (nSPS) is 19.9. The average Bonchev–Trinajstić information content (AvgIpc) is 2.29. The van der Waals surface area contributed by atoms with Crippen molar-refractivity contribution >= 4 is 11.6 Å². The molecular formula is C14H18ClNO. The van der Waals surface area contributed by atoms with Gasteiger partial charge in [-0.15, -0.1) is 0 Å². The van der Waals surface area contributed by atoms with E-state index in [-0.39, 0.29) is 6.04 Å². The minimum absolute atomic E-state index is 0.212. The monoisotopic (exact) mass is 251 g/mol. The Balaban J connectivity index is 2.20. The highest BCUT2D eigenvalue weighted by atomic mass is 35.5. The molecule has 2 N–H and O–H groups in total. The van der Waals surface area contributed by atoms with Crippen molar-refractivity contribution in [2.24, 2.45) is 5.73 Å². The van der Waals surface area contributed by atoms with Crippen LogP contribution < -0.4 is 10.5 Å². The molecule has 1 aromatic rings. The van der Waals surface area contributed by atoms with Crippen molar-refractivity contribution in [1.29, 1.82) is 0 Å². The van der Waals surface area contributed by atoms with Crippen LogP contribution in [0.15, 0.2) is 29.8 Å². The quantitative estimate of drug-likeness (QED) is 0.837. The summed E-state index contributed by atoms with van der Waals surface area (Å²) >= 11 is 6.02. The third-order valence-electron chi connectivity index (χ3n) is 3.15. The summed E-state index contributed by atoms with van der Waals surface area (Å²) in [7, 11) is 1.69. The summed E-state index contributed by atoms with van der Waals surface area (Å²) in [5.74, 6) is 0.898. The predicted octanol–water partition coefficient (Wildman–Crippen LogP) is 3.33. The molecule has 1 unspecified atom stereocenters. The fourth-order valence-electron chi connectivity index (χ4n) is 2.31. The Morgan fingerprint density at radius 3 is 3.00 bits per heavy atom. The fourth-order valence-corrected chi connectivity index (χ4v) is 2.51. The number of rotatable bonds is 3. The Morgan fingerprint density at radius 2 is 2.29 bits per heavy atom. The van der Waals surface area contributed by atoms with Crippen LogP contribution in [0, 0.1) is 0 Å². The number of allylic oxidation sites excluding steroid dienone is 1. The second kappa shape index (κ2) is 5.56. The minimum atomic E-state index is 0.212. The molecule has 0 radical (unpaired) electrons. The lowest BCUT2D eigenvalue weighted by atomic mass is 9.91. The molecule has 1 aliphatic rings. The van der Waals surface area contributed by atoms with Crippen LogP contribution in [0.3, 0.4) is 0 Å².